The van der Waals surface area contributed by atoms with Gasteiger partial charge in [0.2, 0.25) is 11.8 Å². The zero-order chi connectivity index (χ0) is 26.6. The Morgan fingerprint density at radius 3 is 2.32 bits per heavy atom. The van der Waals surface area contributed by atoms with Crippen LogP contribution in [-0.4, -0.2) is 35.1 Å². The van der Waals surface area contributed by atoms with Crippen LogP contribution in [0.25, 0.3) is 0 Å². The molecule has 0 aliphatic heterocycles. The lowest BCUT2D eigenvalue weighted by molar-refractivity contribution is -0.139. The lowest BCUT2D eigenvalue weighted by Crippen LogP contribution is -2.51. The second-order valence-electron chi connectivity index (χ2n) is 8.70. The summed E-state index contributed by atoms with van der Waals surface area (Å²) in [4.78, 5) is 28.8. The number of carbonyl (C=O) groups excluding carboxylic acids is 2. The van der Waals surface area contributed by atoms with Gasteiger partial charge in [0.25, 0.3) is 0 Å². The van der Waals surface area contributed by atoms with Gasteiger partial charge in [-0.25, -0.2) is 0 Å². The number of unbranched alkanes of at least 4 members (excludes halogenated alkanes) is 1. The second kappa shape index (κ2) is 15.3. The maximum atomic E-state index is 13.7. The quantitative estimate of drug-likeness (QED) is 0.215. The molecule has 4 nitrogen and oxygen atoms in total. The fourth-order valence-electron chi connectivity index (χ4n) is 3.84. The predicted octanol–water partition coefficient (Wildman–Crippen LogP) is 7.44. The fourth-order valence-corrected chi connectivity index (χ4v) is 5.21. The van der Waals surface area contributed by atoms with Crippen LogP contribution >= 0.6 is 46.6 Å². The van der Waals surface area contributed by atoms with Gasteiger partial charge in [-0.1, -0.05) is 103 Å². The molecule has 8 heteroatoms. The molecule has 3 aromatic rings. The van der Waals surface area contributed by atoms with Crippen LogP contribution in [0.5, 0.6) is 0 Å². The zero-order valence-electron chi connectivity index (χ0n) is 20.8. The van der Waals surface area contributed by atoms with Crippen molar-refractivity contribution in [1.82, 2.24) is 10.2 Å². The van der Waals surface area contributed by atoms with E-state index in [2.05, 4.69) is 12.2 Å². The predicted molar refractivity (Wildman–Crippen MR) is 156 cm³/mol. The molecule has 37 heavy (non-hydrogen) atoms. The summed E-state index contributed by atoms with van der Waals surface area (Å²) in [6, 6.07) is 22.0. The maximum absolute atomic E-state index is 13.7. The molecule has 1 atom stereocenters. The third kappa shape index (κ3) is 9.26. The summed E-state index contributed by atoms with van der Waals surface area (Å²) >= 11 is 20.1. The minimum atomic E-state index is -0.673. The third-order valence-electron chi connectivity index (χ3n) is 5.88. The highest BCUT2D eigenvalue weighted by molar-refractivity contribution is 7.99. The zero-order valence-corrected chi connectivity index (χ0v) is 23.8. The van der Waals surface area contributed by atoms with E-state index < -0.39 is 6.04 Å². The largest absolute Gasteiger partial charge is 0.354 e. The SMILES string of the molecule is CCCCNC(=O)C(Cc1ccccc1)N(Cc1ccccc1Cl)C(=O)CSCc1ccc(Cl)c(Cl)c1. The molecular weight excluding hydrogens is 547 g/mol. The first-order valence-corrected chi connectivity index (χ1v) is 14.5. The molecule has 0 aliphatic carbocycles. The number of carbonyl (C=O) groups is 2. The molecule has 0 aromatic heterocycles. The number of hydrogen-bond donors (Lipinski definition) is 1. The second-order valence-corrected chi connectivity index (χ2v) is 10.9. The van der Waals surface area contributed by atoms with Crippen molar-refractivity contribution in [3.8, 4) is 0 Å². The van der Waals surface area contributed by atoms with E-state index in [1.54, 1.807) is 17.0 Å². The minimum Gasteiger partial charge on any atom is -0.354 e. The summed E-state index contributed by atoms with van der Waals surface area (Å²) in [6.45, 7) is 2.89. The van der Waals surface area contributed by atoms with Crippen molar-refractivity contribution in [2.45, 2.75) is 44.5 Å². The Bertz CT molecular complexity index is 1180. The number of benzene rings is 3. The van der Waals surface area contributed by atoms with E-state index in [1.165, 1.54) is 11.8 Å². The molecule has 0 bridgehead atoms. The molecule has 3 aromatic carbocycles. The number of nitrogens with zero attached hydrogens (tertiary/aromatic N) is 1. The lowest BCUT2D eigenvalue weighted by Gasteiger charge is -2.32. The van der Waals surface area contributed by atoms with Crippen molar-refractivity contribution >= 4 is 58.4 Å². The normalized spacial score (nSPS) is 11.7. The summed E-state index contributed by atoms with van der Waals surface area (Å²) in [6.07, 6.45) is 2.26. The number of thioether (sulfide) groups is 1. The van der Waals surface area contributed by atoms with Crippen LogP contribution in [0.15, 0.2) is 72.8 Å². The average molecular weight is 578 g/mol. The van der Waals surface area contributed by atoms with Crippen LogP contribution in [0.1, 0.15) is 36.5 Å². The molecular formula is C29H31Cl3N2O2S. The molecule has 196 valence electrons. The van der Waals surface area contributed by atoms with E-state index in [4.69, 9.17) is 34.8 Å². The van der Waals surface area contributed by atoms with Gasteiger partial charge in [-0.2, -0.15) is 0 Å². The van der Waals surface area contributed by atoms with E-state index >= 15 is 0 Å². The Kier molecular flexibility index (Phi) is 12.1. The Morgan fingerprint density at radius 1 is 0.892 bits per heavy atom. The maximum Gasteiger partial charge on any atom is 0.243 e. The van der Waals surface area contributed by atoms with Gasteiger partial charge in [0, 0.05) is 30.3 Å². The van der Waals surface area contributed by atoms with Crippen LogP contribution in [0, 0.1) is 0 Å². The van der Waals surface area contributed by atoms with Crippen LogP contribution < -0.4 is 5.32 Å². The van der Waals surface area contributed by atoms with Crippen LogP contribution in [0.3, 0.4) is 0 Å². The molecule has 0 heterocycles. The van der Waals surface area contributed by atoms with Crippen molar-refractivity contribution in [3.05, 3.63) is 105 Å². The van der Waals surface area contributed by atoms with Gasteiger partial charge in [0.05, 0.1) is 15.8 Å². The van der Waals surface area contributed by atoms with Gasteiger partial charge in [0.15, 0.2) is 0 Å². The highest BCUT2D eigenvalue weighted by Gasteiger charge is 2.30. The first-order chi connectivity index (χ1) is 17.9. The van der Waals surface area contributed by atoms with Crippen LogP contribution in [0.4, 0.5) is 0 Å². The third-order valence-corrected chi connectivity index (χ3v) is 7.97. The molecule has 2 amide bonds. The van der Waals surface area contributed by atoms with Gasteiger partial charge in [0.1, 0.15) is 6.04 Å². The number of rotatable bonds is 13. The first-order valence-electron chi connectivity index (χ1n) is 12.2. The highest BCUT2D eigenvalue weighted by atomic mass is 35.5. The Hall–Kier alpha value is -2.18. The summed E-state index contributed by atoms with van der Waals surface area (Å²) in [7, 11) is 0. The van der Waals surface area contributed by atoms with Crippen molar-refractivity contribution < 1.29 is 9.59 Å². The van der Waals surface area contributed by atoms with E-state index in [0.29, 0.717) is 33.8 Å². The van der Waals surface area contributed by atoms with E-state index in [-0.39, 0.29) is 24.1 Å². The van der Waals surface area contributed by atoms with Crippen molar-refractivity contribution in [3.63, 3.8) is 0 Å². The lowest BCUT2D eigenvalue weighted by atomic mass is 10.0. The van der Waals surface area contributed by atoms with E-state index in [1.807, 2.05) is 60.7 Å². The Morgan fingerprint density at radius 2 is 1.62 bits per heavy atom. The van der Waals surface area contributed by atoms with Gasteiger partial charge in [-0.05, 0) is 41.3 Å². The smallest absolute Gasteiger partial charge is 0.243 e. The number of nitrogens with one attached hydrogen (secondary N) is 1. The van der Waals surface area contributed by atoms with Crippen molar-refractivity contribution in [2.75, 3.05) is 12.3 Å². The van der Waals surface area contributed by atoms with Gasteiger partial charge in [-0.15, -0.1) is 11.8 Å². The molecule has 0 saturated carbocycles. The summed E-state index contributed by atoms with van der Waals surface area (Å²) in [5.41, 5.74) is 2.76. The molecule has 0 saturated heterocycles. The molecule has 0 aliphatic rings. The topological polar surface area (TPSA) is 49.4 Å². The highest BCUT2D eigenvalue weighted by Crippen LogP contribution is 2.26. The first kappa shape index (κ1) is 29.4. The Labute approximate surface area is 238 Å². The molecule has 0 fully saturated rings. The average Bonchev–Trinajstić information content (AvgIpc) is 2.89. The summed E-state index contributed by atoms with van der Waals surface area (Å²) in [5, 5.41) is 4.58. The van der Waals surface area contributed by atoms with E-state index in [9.17, 15) is 9.59 Å². The van der Waals surface area contributed by atoms with Gasteiger partial charge in [-0.3, -0.25) is 9.59 Å². The van der Waals surface area contributed by atoms with Crippen molar-refractivity contribution in [1.29, 1.82) is 0 Å². The molecule has 1 N–H and O–H groups in total. The van der Waals surface area contributed by atoms with Crippen LogP contribution in [-0.2, 0) is 28.3 Å². The van der Waals surface area contributed by atoms with Crippen molar-refractivity contribution in [2.24, 2.45) is 0 Å². The number of amides is 2. The minimum absolute atomic E-state index is 0.128. The van der Waals surface area contributed by atoms with Gasteiger partial charge < -0.3 is 10.2 Å². The molecule has 3 rings (SSSR count). The molecule has 1 unspecified atom stereocenters. The van der Waals surface area contributed by atoms with Crippen LogP contribution in [0.2, 0.25) is 15.1 Å². The summed E-state index contributed by atoms with van der Waals surface area (Å²) in [5.74, 6) is 0.510. The van der Waals surface area contributed by atoms with Gasteiger partial charge >= 0.3 is 0 Å². The molecule has 0 radical (unpaired) electrons. The monoisotopic (exact) mass is 576 g/mol. The Balaban J connectivity index is 1.83. The summed E-state index contributed by atoms with van der Waals surface area (Å²) < 4.78 is 0. The number of hydrogen-bond acceptors (Lipinski definition) is 3. The standard InChI is InChI=1S/C29H31Cl3N2O2S/c1-2-3-15-33-29(36)27(17-21-9-5-4-6-10-21)34(18-23-11-7-8-12-24(23)30)28(35)20-37-19-22-13-14-25(31)26(32)16-22/h4-14,16,27H,2-3,15,17-20H2,1H3,(H,33,36). The van der Waals surface area contributed by atoms with E-state index in [0.717, 1.165) is 29.5 Å². The molecule has 0 spiro atoms. The fraction of sp³-hybridized carbons (Fsp3) is 0.310. The number of halogens is 3.